The number of hydrogen-bond donors (Lipinski definition) is 1. The van der Waals surface area contributed by atoms with Gasteiger partial charge in [0.2, 0.25) is 0 Å². The molecule has 0 atom stereocenters. The van der Waals surface area contributed by atoms with E-state index < -0.39 is 0 Å². The molecule has 1 saturated heterocycles. The molecular formula is C28H31FN4O2. The summed E-state index contributed by atoms with van der Waals surface area (Å²) in [5.74, 6) is 0.860. The van der Waals surface area contributed by atoms with Crippen LogP contribution in [0.2, 0.25) is 0 Å². The van der Waals surface area contributed by atoms with Crippen molar-refractivity contribution in [3.05, 3.63) is 83.1 Å². The van der Waals surface area contributed by atoms with Crippen LogP contribution in [0.15, 0.2) is 64.1 Å². The highest BCUT2D eigenvalue weighted by atomic mass is 19.1. The van der Waals surface area contributed by atoms with Crippen molar-refractivity contribution in [1.29, 1.82) is 0 Å². The molecule has 1 fully saturated rings. The van der Waals surface area contributed by atoms with Crippen LogP contribution < -0.4 is 10.3 Å². The number of amides is 1. The van der Waals surface area contributed by atoms with Crippen molar-refractivity contribution in [3.8, 4) is 0 Å². The maximum absolute atomic E-state index is 14.2. The van der Waals surface area contributed by atoms with Crippen LogP contribution in [0.5, 0.6) is 0 Å². The molecule has 2 aliphatic rings. The molecule has 1 aliphatic carbocycles. The molecule has 6 nitrogen and oxygen atoms in total. The van der Waals surface area contributed by atoms with Crippen LogP contribution in [0, 0.1) is 18.2 Å². The van der Waals surface area contributed by atoms with Crippen LogP contribution in [-0.2, 0) is 6.42 Å². The summed E-state index contributed by atoms with van der Waals surface area (Å²) in [6.07, 6.45) is 1.54. The second-order valence-electron chi connectivity index (χ2n) is 10.1. The minimum atomic E-state index is -0.236. The molecule has 0 radical (unpaired) electrons. The molecule has 0 spiro atoms. The average Bonchev–Trinajstić information content (AvgIpc) is 3.18. The number of nitrogens with zero attached hydrogens (tertiary/aromatic N) is 3. The number of hydrogen-bond acceptors (Lipinski definition) is 5. The topological polar surface area (TPSA) is 61.1 Å². The third kappa shape index (κ3) is 4.67. The fraction of sp³-hybridized carbons (Fsp3) is 0.357. The second-order valence-corrected chi connectivity index (χ2v) is 10.1. The molecule has 2 heterocycles. The molecule has 35 heavy (non-hydrogen) atoms. The van der Waals surface area contributed by atoms with Gasteiger partial charge in [0.15, 0.2) is 5.76 Å². The SMILES string of the molecule is Cc1c(C(=O)N2CCN(c3ccccc3F)CC2)oc2c1/C(=N\Nc1ccccc1)CC(C)(C)C2. The Morgan fingerprint density at radius 2 is 1.69 bits per heavy atom. The lowest BCUT2D eigenvalue weighted by Gasteiger charge is -2.35. The number of furan rings is 1. The molecule has 3 aromatic rings. The Kier molecular flexibility index (Phi) is 6.09. The number of fused-ring (bicyclic) bond motifs is 1. The summed E-state index contributed by atoms with van der Waals surface area (Å²) in [6.45, 7) is 8.51. The lowest BCUT2D eigenvalue weighted by atomic mass is 9.75. The van der Waals surface area contributed by atoms with Gasteiger partial charge >= 0.3 is 0 Å². The van der Waals surface area contributed by atoms with E-state index in [2.05, 4.69) is 19.3 Å². The van der Waals surface area contributed by atoms with Gasteiger partial charge in [0, 0.05) is 43.7 Å². The maximum atomic E-state index is 14.2. The van der Waals surface area contributed by atoms with E-state index in [0.29, 0.717) is 37.6 Å². The van der Waals surface area contributed by atoms with Gasteiger partial charge in [0.25, 0.3) is 5.91 Å². The quantitative estimate of drug-likeness (QED) is 0.509. The first-order chi connectivity index (χ1) is 16.8. The van der Waals surface area contributed by atoms with Crippen molar-refractivity contribution in [1.82, 2.24) is 4.90 Å². The minimum absolute atomic E-state index is 0.0276. The van der Waals surface area contributed by atoms with Gasteiger partial charge in [-0.1, -0.05) is 44.2 Å². The van der Waals surface area contributed by atoms with Gasteiger partial charge in [-0.25, -0.2) is 4.39 Å². The Hall–Kier alpha value is -3.61. The fourth-order valence-corrected chi connectivity index (χ4v) is 5.06. The Morgan fingerprint density at radius 3 is 2.40 bits per heavy atom. The summed E-state index contributed by atoms with van der Waals surface area (Å²) in [6, 6.07) is 16.6. The smallest absolute Gasteiger partial charge is 0.289 e. The average molecular weight is 475 g/mol. The number of rotatable bonds is 4. The summed E-state index contributed by atoms with van der Waals surface area (Å²) in [7, 11) is 0. The molecule has 1 amide bonds. The van der Waals surface area contributed by atoms with Gasteiger partial charge in [-0.15, -0.1) is 0 Å². The third-order valence-corrected chi connectivity index (χ3v) is 6.84. The number of benzene rings is 2. The number of para-hydroxylation sites is 2. The summed E-state index contributed by atoms with van der Waals surface area (Å²) in [4.78, 5) is 17.3. The summed E-state index contributed by atoms with van der Waals surface area (Å²) < 4.78 is 20.4. The number of piperazine rings is 1. The maximum Gasteiger partial charge on any atom is 0.289 e. The Labute approximate surface area is 205 Å². The van der Waals surface area contributed by atoms with Crippen molar-refractivity contribution < 1.29 is 13.6 Å². The fourth-order valence-electron chi connectivity index (χ4n) is 5.06. The van der Waals surface area contributed by atoms with Gasteiger partial charge in [-0.2, -0.15) is 5.10 Å². The monoisotopic (exact) mass is 474 g/mol. The predicted octanol–water partition coefficient (Wildman–Crippen LogP) is 5.48. The first-order valence-electron chi connectivity index (χ1n) is 12.1. The number of anilines is 2. The predicted molar refractivity (Wildman–Crippen MR) is 137 cm³/mol. The van der Waals surface area contributed by atoms with Crippen LogP contribution >= 0.6 is 0 Å². The van der Waals surface area contributed by atoms with Gasteiger partial charge in [-0.05, 0) is 43.0 Å². The van der Waals surface area contributed by atoms with Crippen molar-refractivity contribution in [2.45, 2.75) is 33.6 Å². The summed E-state index contributed by atoms with van der Waals surface area (Å²) >= 11 is 0. The van der Waals surface area contributed by atoms with Crippen LogP contribution in [-0.4, -0.2) is 42.7 Å². The van der Waals surface area contributed by atoms with E-state index in [1.54, 1.807) is 17.0 Å². The number of hydrazone groups is 1. The van der Waals surface area contributed by atoms with Gasteiger partial charge in [0.05, 0.1) is 17.1 Å². The highest BCUT2D eigenvalue weighted by molar-refractivity contribution is 6.07. The molecule has 0 bridgehead atoms. The van der Waals surface area contributed by atoms with E-state index >= 15 is 0 Å². The van der Waals surface area contributed by atoms with Gasteiger partial charge < -0.3 is 14.2 Å². The summed E-state index contributed by atoms with van der Waals surface area (Å²) in [5.41, 5.74) is 7.32. The summed E-state index contributed by atoms with van der Waals surface area (Å²) in [5, 5.41) is 4.73. The molecule has 182 valence electrons. The number of carbonyl (C=O) groups excluding carboxylic acids is 1. The van der Waals surface area contributed by atoms with E-state index in [1.807, 2.05) is 48.2 Å². The van der Waals surface area contributed by atoms with Crippen LogP contribution in [0.25, 0.3) is 0 Å². The Balaban J connectivity index is 1.37. The highest BCUT2D eigenvalue weighted by Crippen LogP contribution is 2.39. The molecule has 2 aromatic carbocycles. The molecule has 0 unspecified atom stereocenters. The van der Waals surface area contributed by atoms with Gasteiger partial charge in [0.1, 0.15) is 11.6 Å². The normalized spacial score (nSPS) is 18.5. The van der Waals surface area contributed by atoms with Crippen molar-refractivity contribution in [3.63, 3.8) is 0 Å². The van der Waals surface area contributed by atoms with Crippen molar-refractivity contribution in [2.24, 2.45) is 10.5 Å². The highest BCUT2D eigenvalue weighted by Gasteiger charge is 2.37. The van der Waals surface area contributed by atoms with Crippen LogP contribution in [0.3, 0.4) is 0 Å². The second kappa shape index (κ2) is 9.21. The van der Waals surface area contributed by atoms with E-state index in [4.69, 9.17) is 9.52 Å². The van der Waals surface area contributed by atoms with E-state index in [0.717, 1.165) is 41.1 Å². The first kappa shape index (κ1) is 23.1. The minimum Gasteiger partial charge on any atom is -0.455 e. The zero-order valence-corrected chi connectivity index (χ0v) is 20.5. The zero-order chi connectivity index (χ0) is 24.6. The van der Waals surface area contributed by atoms with Crippen molar-refractivity contribution in [2.75, 3.05) is 36.5 Å². The first-order valence-corrected chi connectivity index (χ1v) is 12.1. The van der Waals surface area contributed by atoms with E-state index in [1.165, 1.54) is 6.07 Å². The molecule has 1 aliphatic heterocycles. The number of carbonyl (C=O) groups is 1. The van der Waals surface area contributed by atoms with Crippen LogP contribution in [0.1, 0.15) is 47.7 Å². The third-order valence-electron chi connectivity index (χ3n) is 6.84. The van der Waals surface area contributed by atoms with Gasteiger partial charge in [-0.3, -0.25) is 10.2 Å². The van der Waals surface area contributed by atoms with Crippen LogP contribution in [0.4, 0.5) is 15.8 Å². The van der Waals surface area contributed by atoms with Crippen molar-refractivity contribution >= 4 is 23.0 Å². The molecule has 7 heteroatoms. The van der Waals surface area contributed by atoms with E-state index in [-0.39, 0.29) is 17.1 Å². The largest absolute Gasteiger partial charge is 0.455 e. The lowest BCUT2D eigenvalue weighted by molar-refractivity contribution is 0.0710. The Morgan fingerprint density at radius 1 is 1.00 bits per heavy atom. The molecule has 1 N–H and O–H groups in total. The zero-order valence-electron chi connectivity index (χ0n) is 20.5. The number of halogens is 1. The molecular weight excluding hydrogens is 443 g/mol. The molecule has 5 rings (SSSR count). The van der Waals surface area contributed by atoms with E-state index in [9.17, 15) is 9.18 Å². The Bertz CT molecular complexity index is 1260. The molecule has 1 aromatic heterocycles. The lowest BCUT2D eigenvalue weighted by Crippen LogP contribution is -2.49. The standard InChI is InChI=1S/C28H31FN4O2/c1-19-25-22(31-30-20-9-5-4-6-10-20)17-28(2,3)18-24(25)35-26(19)27(34)33-15-13-32(14-16-33)23-12-8-7-11-21(23)29/h4-12,30H,13-18H2,1-3H3/b31-22-. The molecule has 0 saturated carbocycles. The number of nitrogens with one attached hydrogen (secondary N) is 1.